The molecule has 3 nitrogen and oxygen atoms in total. The van der Waals surface area contributed by atoms with Gasteiger partial charge in [0.1, 0.15) is 11.8 Å². The van der Waals surface area contributed by atoms with Crippen molar-refractivity contribution in [2.45, 2.75) is 37.9 Å². The molecular formula is C16H21ClN2OS. The molecule has 2 unspecified atom stereocenters. The summed E-state index contributed by atoms with van der Waals surface area (Å²) in [6, 6.07) is 9.32. The number of rotatable bonds is 7. The van der Waals surface area contributed by atoms with Crippen LogP contribution in [0.3, 0.4) is 0 Å². The standard InChI is InChI=1S/C16H21ClN2OS/c1-11(19(2)12-5-6-12)10-18-16(13-4-3-9-20-13)14-7-8-15(17)21-14/h3-4,7-9,11-12,16,18H,5-6,10H2,1-2H3. The van der Waals surface area contributed by atoms with Crippen LogP contribution in [0.1, 0.15) is 36.4 Å². The van der Waals surface area contributed by atoms with Crippen molar-refractivity contribution in [3.63, 3.8) is 0 Å². The molecule has 1 aliphatic carbocycles. The van der Waals surface area contributed by atoms with Crippen LogP contribution in [0.5, 0.6) is 0 Å². The normalized spacial score (nSPS) is 18.1. The van der Waals surface area contributed by atoms with Crippen molar-refractivity contribution in [1.82, 2.24) is 10.2 Å². The van der Waals surface area contributed by atoms with Crippen molar-refractivity contribution >= 4 is 22.9 Å². The van der Waals surface area contributed by atoms with E-state index in [-0.39, 0.29) is 6.04 Å². The molecule has 1 fully saturated rings. The van der Waals surface area contributed by atoms with Gasteiger partial charge in [0.25, 0.3) is 0 Å². The van der Waals surface area contributed by atoms with Crippen LogP contribution >= 0.6 is 22.9 Å². The average molecular weight is 325 g/mol. The van der Waals surface area contributed by atoms with Crippen LogP contribution in [0.25, 0.3) is 0 Å². The first-order chi connectivity index (χ1) is 10.1. The summed E-state index contributed by atoms with van der Waals surface area (Å²) in [7, 11) is 2.22. The van der Waals surface area contributed by atoms with E-state index in [0.717, 1.165) is 22.7 Å². The summed E-state index contributed by atoms with van der Waals surface area (Å²) in [5, 5.41) is 3.63. The predicted octanol–water partition coefficient (Wildman–Crippen LogP) is 4.16. The topological polar surface area (TPSA) is 28.4 Å². The molecular weight excluding hydrogens is 304 g/mol. The van der Waals surface area contributed by atoms with Gasteiger partial charge in [0.2, 0.25) is 0 Å². The SMILES string of the molecule is CC(CNC(c1ccco1)c1ccc(Cl)s1)N(C)C1CC1. The summed E-state index contributed by atoms with van der Waals surface area (Å²) in [5.74, 6) is 0.940. The van der Waals surface area contributed by atoms with Crippen molar-refractivity contribution in [1.29, 1.82) is 0 Å². The molecule has 0 saturated heterocycles. The van der Waals surface area contributed by atoms with Gasteiger partial charge in [-0.1, -0.05) is 11.6 Å². The van der Waals surface area contributed by atoms with Crippen LogP contribution in [0, 0.1) is 0 Å². The third-order valence-electron chi connectivity index (χ3n) is 4.14. The lowest BCUT2D eigenvalue weighted by atomic mass is 10.1. The number of thiophene rings is 1. The number of nitrogens with one attached hydrogen (secondary N) is 1. The van der Waals surface area contributed by atoms with E-state index < -0.39 is 0 Å². The van der Waals surface area contributed by atoms with Gasteiger partial charge in [-0.05, 0) is 51.1 Å². The van der Waals surface area contributed by atoms with Gasteiger partial charge in [0.05, 0.1) is 10.6 Å². The van der Waals surface area contributed by atoms with Gasteiger partial charge >= 0.3 is 0 Å². The number of likely N-dealkylation sites (N-methyl/N-ethyl adjacent to an activating group) is 1. The van der Waals surface area contributed by atoms with Crippen LogP contribution < -0.4 is 5.32 Å². The van der Waals surface area contributed by atoms with E-state index in [1.54, 1.807) is 17.6 Å². The molecule has 2 heterocycles. The lowest BCUT2D eigenvalue weighted by Gasteiger charge is -2.26. The molecule has 1 saturated carbocycles. The summed E-state index contributed by atoms with van der Waals surface area (Å²) in [6.45, 7) is 3.19. The third-order valence-corrected chi connectivity index (χ3v) is 5.44. The van der Waals surface area contributed by atoms with Crippen LogP contribution in [0.15, 0.2) is 34.9 Å². The van der Waals surface area contributed by atoms with Gasteiger partial charge in [-0.15, -0.1) is 11.3 Å². The van der Waals surface area contributed by atoms with Gasteiger partial charge in [-0.25, -0.2) is 0 Å². The molecule has 0 bridgehead atoms. The Morgan fingerprint density at radius 1 is 1.43 bits per heavy atom. The second-order valence-corrected chi connectivity index (χ2v) is 7.49. The summed E-state index contributed by atoms with van der Waals surface area (Å²) in [5.41, 5.74) is 0. The molecule has 0 spiro atoms. The van der Waals surface area contributed by atoms with E-state index in [1.165, 1.54) is 17.7 Å². The number of hydrogen-bond acceptors (Lipinski definition) is 4. The maximum Gasteiger partial charge on any atom is 0.126 e. The van der Waals surface area contributed by atoms with E-state index in [2.05, 4.69) is 30.3 Å². The number of hydrogen-bond donors (Lipinski definition) is 1. The van der Waals surface area contributed by atoms with E-state index in [1.807, 2.05) is 18.2 Å². The first-order valence-corrected chi connectivity index (χ1v) is 8.58. The predicted molar refractivity (Wildman–Crippen MR) is 88.1 cm³/mol. The average Bonchev–Trinajstić information content (AvgIpc) is 3.01. The maximum atomic E-state index is 6.08. The fraction of sp³-hybridized carbons (Fsp3) is 0.500. The van der Waals surface area contributed by atoms with Gasteiger partial charge in [-0.2, -0.15) is 0 Å². The Labute approximate surface area is 134 Å². The monoisotopic (exact) mass is 324 g/mol. The van der Waals surface area contributed by atoms with Crippen LogP contribution in [0.2, 0.25) is 4.34 Å². The highest BCUT2D eigenvalue weighted by Crippen LogP contribution is 2.32. The Morgan fingerprint density at radius 3 is 2.81 bits per heavy atom. The first kappa shape index (κ1) is 15.1. The van der Waals surface area contributed by atoms with E-state index >= 15 is 0 Å². The molecule has 5 heteroatoms. The highest BCUT2D eigenvalue weighted by molar-refractivity contribution is 7.16. The minimum absolute atomic E-state index is 0.0764. The van der Waals surface area contributed by atoms with E-state index in [4.69, 9.17) is 16.0 Å². The Balaban J connectivity index is 1.68. The van der Waals surface area contributed by atoms with Crippen molar-refractivity contribution in [3.05, 3.63) is 45.5 Å². The first-order valence-electron chi connectivity index (χ1n) is 7.39. The number of nitrogens with zero attached hydrogens (tertiary/aromatic N) is 1. The molecule has 3 rings (SSSR count). The Morgan fingerprint density at radius 2 is 2.24 bits per heavy atom. The van der Waals surface area contributed by atoms with Crippen LogP contribution in [-0.4, -0.2) is 30.6 Å². The van der Waals surface area contributed by atoms with Crippen LogP contribution in [0.4, 0.5) is 0 Å². The highest BCUT2D eigenvalue weighted by Gasteiger charge is 2.29. The molecule has 0 radical (unpaired) electrons. The van der Waals surface area contributed by atoms with Crippen molar-refractivity contribution in [3.8, 4) is 0 Å². The maximum absolute atomic E-state index is 6.08. The smallest absolute Gasteiger partial charge is 0.126 e. The minimum atomic E-state index is 0.0764. The van der Waals surface area contributed by atoms with E-state index in [9.17, 15) is 0 Å². The highest BCUT2D eigenvalue weighted by atomic mass is 35.5. The van der Waals surface area contributed by atoms with Crippen molar-refractivity contribution < 1.29 is 4.42 Å². The second-order valence-electron chi connectivity index (χ2n) is 5.74. The number of halogens is 1. The molecule has 2 aromatic rings. The van der Waals surface area contributed by atoms with Crippen molar-refractivity contribution in [2.24, 2.45) is 0 Å². The summed E-state index contributed by atoms with van der Waals surface area (Å²) < 4.78 is 6.41. The fourth-order valence-corrected chi connectivity index (χ4v) is 3.70. The third kappa shape index (κ3) is 3.69. The Hall–Kier alpha value is -0.810. The fourth-order valence-electron chi connectivity index (χ4n) is 2.55. The Bertz CT molecular complexity index is 565. The number of furan rings is 1. The Kier molecular flexibility index (Phi) is 4.69. The quantitative estimate of drug-likeness (QED) is 0.829. The molecule has 1 N–H and O–H groups in total. The van der Waals surface area contributed by atoms with Gasteiger partial charge < -0.3 is 9.73 Å². The molecule has 0 aliphatic heterocycles. The zero-order chi connectivity index (χ0) is 14.8. The molecule has 2 atom stereocenters. The summed E-state index contributed by atoms with van der Waals surface area (Å²) in [4.78, 5) is 3.66. The molecule has 0 amide bonds. The largest absolute Gasteiger partial charge is 0.467 e. The zero-order valence-corrected chi connectivity index (χ0v) is 14.0. The van der Waals surface area contributed by atoms with E-state index in [0.29, 0.717) is 6.04 Å². The molecule has 1 aliphatic rings. The minimum Gasteiger partial charge on any atom is -0.467 e. The second kappa shape index (κ2) is 6.53. The lowest BCUT2D eigenvalue weighted by Crippen LogP contribution is -2.40. The summed E-state index contributed by atoms with van der Waals surface area (Å²) >= 11 is 7.68. The molecule has 21 heavy (non-hydrogen) atoms. The van der Waals surface area contributed by atoms with Gasteiger partial charge in [-0.3, -0.25) is 4.90 Å². The van der Waals surface area contributed by atoms with Gasteiger partial charge in [0, 0.05) is 23.5 Å². The van der Waals surface area contributed by atoms with Crippen molar-refractivity contribution in [2.75, 3.05) is 13.6 Å². The molecule has 114 valence electrons. The lowest BCUT2D eigenvalue weighted by molar-refractivity contribution is 0.236. The molecule has 2 aromatic heterocycles. The summed E-state index contributed by atoms with van der Waals surface area (Å²) in [6.07, 6.45) is 4.39. The zero-order valence-electron chi connectivity index (χ0n) is 12.4. The van der Waals surface area contributed by atoms with Gasteiger partial charge in [0.15, 0.2) is 0 Å². The molecule has 0 aromatic carbocycles. The van der Waals surface area contributed by atoms with Crippen LogP contribution in [-0.2, 0) is 0 Å².